The Balaban J connectivity index is 1.20. The molecule has 5 rings (SSSR count). The molecular formula is C27H26FN3O2S. The molecule has 0 radical (unpaired) electrons. The molecule has 4 aromatic rings. The molecule has 2 N–H and O–H groups in total. The first-order valence-electron chi connectivity index (χ1n) is 11.4. The van der Waals surface area contributed by atoms with Crippen molar-refractivity contribution in [3.8, 4) is 0 Å². The lowest BCUT2D eigenvalue weighted by Crippen LogP contribution is -2.44. The molecule has 0 bridgehead atoms. The molecule has 174 valence electrons. The number of ether oxygens (including phenoxy) is 1. The van der Waals surface area contributed by atoms with Crippen LogP contribution in [0.25, 0.3) is 11.0 Å². The second kappa shape index (κ2) is 9.99. The number of aromatic nitrogens is 2. The van der Waals surface area contributed by atoms with Crippen LogP contribution in [-0.4, -0.2) is 35.6 Å². The number of hydrogen-bond donors (Lipinski definition) is 2. The third-order valence-electron chi connectivity index (χ3n) is 6.45. The summed E-state index contributed by atoms with van der Waals surface area (Å²) in [5.74, 6) is 0.396. The number of hydrogen-bond acceptors (Lipinski definition) is 4. The van der Waals surface area contributed by atoms with Crippen LogP contribution in [0.5, 0.6) is 0 Å². The summed E-state index contributed by atoms with van der Waals surface area (Å²) in [5.41, 5.74) is 4.52. The van der Waals surface area contributed by atoms with E-state index in [4.69, 9.17) is 4.74 Å². The molecule has 0 spiro atoms. The molecule has 0 saturated carbocycles. The van der Waals surface area contributed by atoms with Gasteiger partial charge in [0.1, 0.15) is 5.82 Å². The molecule has 5 nitrogen and oxygen atoms in total. The Bertz CT molecular complexity index is 1230. The highest BCUT2D eigenvalue weighted by atomic mass is 32.2. The number of thioether (sulfide) groups is 1. The van der Waals surface area contributed by atoms with Crippen LogP contribution in [-0.2, 0) is 15.9 Å². The van der Waals surface area contributed by atoms with Crippen LogP contribution in [0.1, 0.15) is 34.3 Å². The average Bonchev–Trinajstić information content (AvgIpc) is 3.30. The van der Waals surface area contributed by atoms with Gasteiger partial charge in [-0.3, -0.25) is 4.79 Å². The molecule has 1 fully saturated rings. The number of fused-ring (bicyclic) bond motifs is 1. The van der Waals surface area contributed by atoms with Gasteiger partial charge >= 0.3 is 0 Å². The van der Waals surface area contributed by atoms with E-state index in [-0.39, 0.29) is 17.1 Å². The Morgan fingerprint density at radius 1 is 1.03 bits per heavy atom. The number of halogens is 1. The topological polar surface area (TPSA) is 67.0 Å². The number of amides is 1. The molecule has 2 heterocycles. The molecule has 34 heavy (non-hydrogen) atoms. The van der Waals surface area contributed by atoms with E-state index in [1.807, 2.05) is 60.7 Å². The van der Waals surface area contributed by atoms with Gasteiger partial charge in [0.2, 0.25) is 0 Å². The fraction of sp³-hybridized carbons (Fsp3) is 0.259. The van der Waals surface area contributed by atoms with E-state index in [0.29, 0.717) is 25.3 Å². The minimum atomic E-state index is -0.256. The van der Waals surface area contributed by atoms with Gasteiger partial charge in [-0.05, 0) is 60.4 Å². The Hall–Kier alpha value is -3.16. The second-order valence-corrected chi connectivity index (χ2v) is 9.59. The Morgan fingerprint density at radius 3 is 2.50 bits per heavy atom. The summed E-state index contributed by atoms with van der Waals surface area (Å²) in [6, 6.07) is 22.3. The molecule has 3 aromatic carbocycles. The monoisotopic (exact) mass is 475 g/mol. The smallest absolute Gasteiger partial charge is 0.251 e. The number of aromatic amines is 1. The second-order valence-electron chi connectivity index (χ2n) is 8.63. The van der Waals surface area contributed by atoms with Crippen molar-refractivity contribution in [3.63, 3.8) is 0 Å². The fourth-order valence-electron chi connectivity index (χ4n) is 4.39. The van der Waals surface area contributed by atoms with Crippen LogP contribution in [0.2, 0.25) is 0 Å². The maximum absolute atomic E-state index is 13.4. The maximum atomic E-state index is 13.4. The lowest BCUT2D eigenvalue weighted by atomic mass is 9.74. The molecule has 0 aliphatic carbocycles. The lowest BCUT2D eigenvalue weighted by molar-refractivity contribution is 0.0487. The Kier molecular flexibility index (Phi) is 6.65. The van der Waals surface area contributed by atoms with Crippen molar-refractivity contribution in [2.45, 2.75) is 29.2 Å². The summed E-state index contributed by atoms with van der Waals surface area (Å²) >= 11 is 1.63. The van der Waals surface area contributed by atoms with Crippen molar-refractivity contribution < 1.29 is 13.9 Å². The van der Waals surface area contributed by atoms with E-state index < -0.39 is 0 Å². The van der Waals surface area contributed by atoms with Gasteiger partial charge in [-0.2, -0.15) is 0 Å². The molecule has 1 saturated heterocycles. The highest BCUT2D eigenvalue weighted by molar-refractivity contribution is 7.98. The maximum Gasteiger partial charge on any atom is 0.251 e. The SMILES string of the molecule is O=C(NCC1(c2ccc(F)cc2)CCOCC1)c1ccc(CSc2nc3ccccc3[nH]2)cc1. The Labute approximate surface area is 202 Å². The summed E-state index contributed by atoms with van der Waals surface area (Å²) in [6.45, 7) is 1.75. The third-order valence-corrected chi connectivity index (χ3v) is 7.40. The van der Waals surface area contributed by atoms with E-state index in [1.165, 1.54) is 12.1 Å². The number of nitrogens with one attached hydrogen (secondary N) is 2. The molecule has 0 unspecified atom stereocenters. The van der Waals surface area contributed by atoms with Crippen molar-refractivity contribution >= 4 is 28.7 Å². The van der Waals surface area contributed by atoms with Gasteiger partial charge in [0, 0.05) is 36.5 Å². The van der Waals surface area contributed by atoms with Crippen LogP contribution < -0.4 is 5.32 Å². The number of H-pyrrole nitrogens is 1. The van der Waals surface area contributed by atoms with E-state index in [2.05, 4.69) is 15.3 Å². The zero-order chi connectivity index (χ0) is 23.4. The average molecular weight is 476 g/mol. The molecule has 1 amide bonds. The summed E-state index contributed by atoms with van der Waals surface area (Å²) in [5, 5.41) is 3.99. The van der Waals surface area contributed by atoms with Gasteiger partial charge in [0.05, 0.1) is 11.0 Å². The molecule has 7 heteroatoms. The van der Waals surface area contributed by atoms with Crippen molar-refractivity contribution in [1.82, 2.24) is 15.3 Å². The lowest BCUT2D eigenvalue weighted by Gasteiger charge is -2.38. The molecule has 1 aromatic heterocycles. The van der Waals surface area contributed by atoms with Crippen molar-refractivity contribution in [2.75, 3.05) is 19.8 Å². The first-order valence-corrected chi connectivity index (χ1v) is 12.4. The summed E-state index contributed by atoms with van der Waals surface area (Å²) in [7, 11) is 0. The van der Waals surface area contributed by atoms with E-state index >= 15 is 0 Å². The first-order chi connectivity index (χ1) is 16.6. The summed E-state index contributed by atoms with van der Waals surface area (Å²) in [6.07, 6.45) is 1.58. The highest BCUT2D eigenvalue weighted by Crippen LogP contribution is 2.34. The van der Waals surface area contributed by atoms with E-state index in [9.17, 15) is 9.18 Å². The zero-order valence-electron chi connectivity index (χ0n) is 18.7. The molecule has 1 aliphatic rings. The quantitative estimate of drug-likeness (QED) is 0.348. The number of nitrogens with zero attached hydrogens (tertiary/aromatic N) is 1. The number of rotatable bonds is 7. The van der Waals surface area contributed by atoms with Gasteiger partial charge in [0.15, 0.2) is 5.16 Å². The summed E-state index contributed by atoms with van der Waals surface area (Å²) in [4.78, 5) is 20.8. The van der Waals surface area contributed by atoms with Gasteiger partial charge in [-0.15, -0.1) is 0 Å². The minimum Gasteiger partial charge on any atom is -0.381 e. The predicted octanol–water partition coefficient (Wildman–Crippen LogP) is 5.47. The van der Waals surface area contributed by atoms with E-state index in [0.717, 1.165) is 45.9 Å². The number of carbonyl (C=O) groups is 1. The predicted molar refractivity (Wildman–Crippen MR) is 133 cm³/mol. The first kappa shape index (κ1) is 22.6. The number of benzene rings is 3. The van der Waals surface area contributed by atoms with Crippen molar-refractivity contribution in [3.05, 3.63) is 95.3 Å². The molecular weight excluding hydrogens is 449 g/mol. The summed E-state index contributed by atoms with van der Waals surface area (Å²) < 4.78 is 19.0. The van der Waals surface area contributed by atoms with Crippen LogP contribution >= 0.6 is 11.8 Å². The fourth-order valence-corrected chi connectivity index (χ4v) is 5.23. The van der Waals surface area contributed by atoms with Gasteiger partial charge in [-0.25, -0.2) is 9.37 Å². The van der Waals surface area contributed by atoms with Crippen LogP contribution in [0.3, 0.4) is 0 Å². The zero-order valence-corrected chi connectivity index (χ0v) is 19.5. The Morgan fingerprint density at radius 2 is 1.76 bits per heavy atom. The van der Waals surface area contributed by atoms with Crippen molar-refractivity contribution in [1.29, 1.82) is 0 Å². The molecule has 0 atom stereocenters. The van der Waals surface area contributed by atoms with Crippen LogP contribution in [0.4, 0.5) is 4.39 Å². The number of para-hydroxylation sites is 2. The van der Waals surface area contributed by atoms with Gasteiger partial charge in [-0.1, -0.05) is 48.2 Å². The van der Waals surface area contributed by atoms with Gasteiger partial charge in [0.25, 0.3) is 5.91 Å². The van der Waals surface area contributed by atoms with Gasteiger partial charge < -0.3 is 15.0 Å². The highest BCUT2D eigenvalue weighted by Gasteiger charge is 2.35. The van der Waals surface area contributed by atoms with Crippen LogP contribution in [0.15, 0.2) is 78.0 Å². The number of carbonyl (C=O) groups excluding carboxylic acids is 1. The number of imidazole rings is 1. The van der Waals surface area contributed by atoms with Crippen molar-refractivity contribution in [2.24, 2.45) is 0 Å². The van der Waals surface area contributed by atoms with E-state index in [1.54, 1.807) is 11.8 Å². The standard InChI is InChI=1S/C27H26FN3O2S/c28-22-11-9-21(10-12-22)27(13-15-33-16-14-27)18-29-25(32)20-7-5-19(6-8-20)17-34-26-30-23-3-1-2-4-24(23)31-26/h1-12H,13-18H2,(H,29,32)(H,30,31). The van der Waals surface area contributed by atoms with Crippen LogP contribution in [0, 0.1) is 5.82 Å². The largest absolute Gasteiger partial charge is 0.381 e. The third kappa shape index (κ3) is 5.00. The minimum absolute atomic E-state index is 0.107. The molecule has 1 aliphatic heterocycles. The normalized spacial score (nSPS) is 15.3.